The first-order valence-electron chi connectivity index (χ1n) is 8.17. The molecule has 0 aliphatic carbocycles. The molecule has 0 radical (unpaired) electrons. The Labute approximate surface area is 155 Å². The van der Waals surface area contributed by atoms with E-state index in [-0.39, 0.29) is 17.9 Å². The molecule has 26 heavy (non-hydrogen) atoms. The van der Waals surface area contributed by atoms with Gasteiger partial charge in [0, 0.05) is 18.2 Å². The van der Waals surface area contributed by atoms with Gasteiger partial charge >= 0.3 is 0 Å². The highest BCUT2D eigenvalue weighted by Crippen LogP contribution is 2.29. The molecular formula is C19H19N3O3S. The van der Waals surface area contributed by atoms with E-state index in [4.69, 9.17) is 4.74 Å². The molecule has 0 aliphatic heterocycles. The minimum Gasteiger partial charge on any atom is -0.491 e. The van der Waals surface area contributed by atoms with Crippen molar-refractivity contribution in [3.63, 3.8) is 0 Å². The number of nitrogens with zero attached hydrogens (tertiary/aromatic N) is 1. The maximum atomic E-state index is 12.5. The lowest BCUT2D eigenvalue weighted by Crippen LogP contribution is -2.12. The lowest BCUT2D eigenvalue weighted by atomic mass is 10.2. The van der Waals surface area contributed by atoms with Crippen LogP contribution in [0.1, 0.15) is 31.1 Å². The Balaban J connectivity index is 1.77. The zero-order valence-corrected chi connectivity index (χ0v) is 15.5. The van der Waals surface area contributed by atoms with Gasteiger partial charge in [-0.1, -0.05) is 17.4 Å². The molecule has 1 aromatic heterocycles. The van der Waals surface area contributed by atoms with Crippen molar-refractivity contribution in [2.45, 2.75) is 26.9 Å². The van der Waals surface area contributed by atoms with Crippen LogP contribution in [0.25, 0.3) is 10.2 Å². The summed E-state index contributed by atoms with van der Waals surface area (Å²) in [5, 5.41) is 6.05. The van der Waals surface area contributed by atoms with E-state index < -0.39 is 0 Å². The molecule has 0 unspecified atom stereocenters. The lowest BCUT2D eigenvalue weighted by Gasteiger charge is -2.10. The number of ether oxygens (including phenoxy) is 1. The normalized spacial score (nSPS) is 10.8. The fourth-order valence-electron chi connectivity index (χ4n) is 2.41. The van der Waals surface area contributed by atoms with Crippen molar-refractivity contribution in [2.75, 3.05) is 10.6 Å². The number of benzene rings is 2. The molecule has 2 N–H and O–H groups in total. The molecule has 0 aliphatic rings. The molecule has 3 rings (SSSR count). The van der Waals surface area contributed by atoms with Crippen LogP contribution in [0.5, 0.6) is 5.75 Å². The number of carbonyl (C=O) groups is 2. The Hall–Kier alpha value is -2.93. The molecule has 0 fully saturated rings. The number of rotatable bonds is 5. The van der Waals surface area contributed by atoms with Crippen molar-refractivity contribution < 1.29 is 14.3 Å². The van der Waals surface area contributed by atoms with Crippen molar-refractivity contribution in [1.82, 2.24) is 4.98 Å². The second-order valence-corrected chi connectivity index (χ2v) is 7.06. The third-order valence-electron chi connectivity index (χ3n) is 3.40. The van der Waals surface area contributed by atoms with Crippen LogP contribution in [-0.2, 0) is 4.79 Å². The summed E-state index contributed by atoms with van der Waals surface area (Å²) in [7, 11) is 0. The van der Waals surface area contributed by atoms with Crippen LogP contribution in [0.2, 0.25) is 0 Å². The number of hydrogen-bond donors (Lipinski definition) is 2. The third kappa shape index (κ3) is 4.37. The van der Waals surface area contributed by atoms with Crippen LogP contribution in [-0.4, -0.2) is 22.9 Å². The number of nitrogens with one attached hydrogen (secondary N) is 2. The largest absolute Gasteiger partial charge is 0.491 e. The Kier molecular flexibility index (Phi) is 5.18. The monoisotopic (exact) mass is 369 g/mol. The van der Waals surface area contributed by atoms with Crippen LogP contribution < -0.4 is 15.4 Å². The Bertz CT molecular complexity index is 966. The van der Waals surface area contributed by atoms with Gasteiger partial charge in [-0.05, 0) is 50.2 Å². The fourth-order valence-corrected chi connectivity index (χ4v) is 3.31. The van der Waals surface area contributed by atoms with Gasteiger partial charge in [-0.15, -0.1) is 0 Å². The second kappa shape index (κ2) is 7.53. The Morgan fingerprint density at radius 2 is 1.92 bits per heavy atom. The summed E-state index contributed by atoms with van der Waals surface area (Å²) in [6.45, 7) is 5.33. The van der Waals surface area contributed by atoms with Gasteiger partial charge < -0.3 is 10.1 Å². The predicted molar refractivity (Wildman–Crippen MR) is 104 cm³/mol. The van der Waals surface area contributed by atoms with Gasteiger partial charge in [0.25, 0.3) is 5.91 Å². The number of thiazole rings is 1. The molecule has 0 saturated heterocycles. The van der Waals surface area contributed by atoms with Gasteiger partial charge in [-0.3, -0.25) is 14.9 Å². The third-order valence-corrected chi connectivity index (χ3v) is 4.33. The highest BCUT2D eigenvalue weighted by molar-refractivity contribution is 7.22. The summed E-state index contributed by atoms with van der Waals surface area (Å²) < 4.78 is 6.50. The van der Waals surface area contributed by atoms with E-state index in [9.17, 15) is 9.59 Å². The molecule has 0 spiro atoms. The van der Waals surface area contributed by atoms with E-state index in [1.165, 1.54) is 18.3 Å². The topological polar surface area (TPSA) is 80.3 Å². The zero-order valence-electron chi connectivity index (χ0n) is 14.7. The molecule has 0 bridgehead atoms. The first-order valence-corrected chi connectivity index (χ1v) is 8.98. The number of anilines is 2. The zero-order chi connectivity index (χ0) is 18.7. The van der Waals surface area contributed by atoms with Gasteiger partial charge in [-0.25, -0.2) is 4.98 Å². The van der Waals surface area contributed by atoms with Gasteiger partial charge in [0.1, 0.15) is 5.75 Å². The summed E-state index contributed by atoms with van der Waals surface area (Å²) in [5.74, 6) is 0.267. The minimum absolute atomic E-state index is 0.0374. The van der Waals surface area contributed by atoms with Crippen molar-refractivity contribution in [1.29, 1.82) is 0 Å². The molecule has 2 aromatic carbocycles. The number of amides is 2. The first kappa shape index (κ1) is 17.9. The van der Waals surface area contributed by atoms with Crippen LogP contribution >= 0.6 is 11.3 Å². The first-order chi connectivity index (χ1) is 12.4. The summed E-state index contributed by atoms with van der Waals surface area (Å²) in [5.41, 5.74) is 1.96. The number of hydrogen-bond acceptors (Lipinski definition) is 5. The van der Waals surface area contributed by atoms with Crippen molar-refractivity contribution in [3.05, 3.63) is 48.0 Å². The van der Waals surface area contributed by atoms with E-state index in [1.807, 2.05) is 32.0 Å². The average Bonchev–Trinajstić information content (AvgIpc) is 2.95. The van der Waals surface area contributed by atoms with Gasteiger partial charge in [0.05, 0.1) is 16.3 Å². The van der Waals surface area contributed by atoms with Crippen molar-refractivity contribution in [3.8, 4) is 5.75 Å². The van der Waals surface area contributed by atoms with Crippen LogP contribution in [0.3, 0.4) is 0 Å². The maximum Gasteiger partial charge on any atom is 0.257 e. The van der Waals surface area contributed by atoms with Gasteiger partial charge in [-0.2, -0.15) is 0 Å². The molecule has 6 nitrogen and oxygen atoms in total. The van der Waals surface area contributed by atoms with E-state index in [0.29, 0.717) is 22.1 Å². The summed E-state index contributed by atoms with van der Waals surface area (Å²) in [6, 6.07) is 12.5. The van der Waals surface area contributed by atoms with Crippen molar-refractivity contribution in [2.24, 2.45) is 0 Å². The quantitative estimate of drug-likeness (QED) is 0.703. The van der Waals surface area contributed by atoms with E-state index in [0.717, 1.165) is 10.2 Å². The standard InChI is InChI=1S/C19H19N3O3S/c1-11(2)25-15-6-4-5-13(9-15)18(24)22-19-21-16-8-7-14(20-12(3)23)10-17(16)26-19/h4-11H,1-3H3,(H,20,23)(H,21,22,24). The molecule has 0 saturated carbocycles. The van der Waals surface area contributed by atoms with Crippen LogP contribution in [0, 0.1) is 0 Å². The average molecular weight is 369 g/mol. The minimum atomic E-state index is -0.250. The molecular weight excluding hydrogens is 350 g/mol. The molecule has 3 aromatic rings. The van der Waals surface area contributed by atoms with Crippen molar-refractivity contribution >= 4 is 44.2 Å². The molecule has 1 heterocycles. The van der Waals surface area contributed by atoms with Gasteiger partial charge in [0.2, 0.25) is 5.91 Å². The number of carbonyl (C=O) groups excluding carboxylic acids is 2. The summed E-state index contributed by atoms with van der Waals surface area (Å²) >= 11 is 1.35. The van der Waals surface area contributed by atoms with E-state index in [1.54, 1.807) is 24.3 Å². The highest BCUT2D eigenvalue weighted by atomic mass is 32.1. The number of fused-ring (bicyclic) bond motifs is 1. The Morgan fingerprint density at radius 3 is 2.65 bits per heavy atom. The fraction of sp³-hybridized carbons (Fsp3) is 0.211. The molecule has 2 amide bonds. The summed E-state index contributed by atoms with van der Waals surface area (Å²) in [4.78, 5) is 28.1. The predicted octanol–water partition coefficient (Wildman–Crippen LogP) is 4.29. The van der Waals surface area contributed by atoms with E-state index in [2.05, 4.69) is 15.6 Å². The second-order valence-electron chi connectivity index (χ2n) is 6.03. The lowest BCUT2D eigenvalue weighted by molar-refractivity contribution is -0.114. The van der Waals surface area contributed by atoms with Crippen LogP contribution in [0.15, 0.2) is 42.5 Å². The smallest absolute Gasteiger partial charge is 0.257 e. The summed E-state index contributed by atoms with van der Waals surface area (Å²) in [6.07, 6.45) is 0.0374. The van der Waals surface area contributed by atoms with E-state index >= 15 is 0 Å². The Morgan fingerprint density at radius 1 is 1.12 bits per heavy atom. The molecule has 134 valence electrons. The molecule has 0 atom stereocenters. The van der Waals surface area contributed by atoms with Gasteiger partial charge in [0.15, 0.2) is 5.13 Å². The number of aromatic nitrogens is 1. The maximum absolute atomic E-state index is 12.5. The molecule has 7 heteroatoms. The van der Waals surface area contributed by atoms with Crippen LogP contribution in [0.4, 0.5) is 10.8 Å². The SMILES string of the molecule is CC(=O)Nc1ccc2nc(NC(=O)c3cccc(OC(C)C)c3)sc2c1. The highest BCUT2D eigenvalue weighted by Gasteiger charge is 2.12.